The van der Waals surface area contributed by atoms with Gasteiger partial charge in [0.25, 0.3) is 10.0 Å². The Balaban J connectivity index is 2.13. The van der Waals surface area contributed by atoms with Gasteiger partial charge in [0.1, 0.15) is 0 Å². The molecule has 0 atom stereocenters. The Morgan fingerprint density at radius 1 is 1.18 bits per heavy atom. The second kappa shape index (κ2) is 6.48. The first-order valence-electron chi connectivity index (χ1n) is 6.41. The summed E-state index contributed by atoms with van der Waals surface area (Å²) >= 11 is 0. The van der Waals surface area contributed by atoms with Crippen LogP contribution in [0.2, 0.25) is 0 Å². The molecule has 2 N–H and O–H groups in total. The Bertz CT molecular complexity index is 784. The number of nitrogens with zero attached hydrogens (tertiary/aromatic N) is 1. The quantitative estimate of drug-likeness (QED) is 0.652. The zero-order valence-electron chi connectivity index (χ0n) is 12.1. The summed E-state index contributed by atoms with van der Waals surface area (Å²) in [6, 6.07) is 11.0. The number of phenols is 1. The standard InChI is InChI=1S/C15H16N2O4S/c1-11-3-6-13(7-4-11)22(19,20)17-16-10-12-5-8-14(18)15(9-12)21-2/h3-10,17-18H,1-2H3/b16-10+. The van der Waals surface area contributed by atoms with E-state index in [0.717, 1.165) is 5.56 Å². The van der Waals surface area contributed by atoms with Crippen LogP contribution >= 0.6 is 0 Å². The van der Waals surface area contributed by atoms with Crippen LogP contribution in [0.15, 0.2) is 52.5 Å². The first-order valence-corrected chi connectivity index (χ1v) is 7.89. The molecule has 0 spiro atoms. The summed E-state index contributed by atoms with van der Waals surface area (Å²) in [6.07, 6.45) is 1.33. The van der Waals surface area contributed by atoms with E-state index in [1.165, 1.54) is 31.5 Å². The van der Waals surface area contributed by atoms with Crippen molar-refractivity contribution in [2.75, 3.05) is 7.11 Å². The minimum absolute atomic E-state index is 0.000105. The number of nitrogens with one attached hydrogen (secondary N) is 1. The van der Waals surface area contributed by atoms with Crippen LogP contribution in [0, 0.1) is 6.92 Å². The van der Waals surface area contributed by atoms with Crippen LogP contribution in [0.3, 0.4) is 0 Å². The Kier molecular flexibility index (Phi) is 4.67. The summed E-state index contributed by atoms with van der Waals surface area (Å²) in [6.45, 7) is 1.88. The summed E-state index contributed by atoms with van der Waals surface area (Å²) in [4.78, 5) is 2.27. The maximum Gasteiger partial charge on any atom is 0.276 e. The second-order valence-electron chi connectivity index (χ2n) is 4.60. The molecular weight excluding hydrogens is 304 g/mol. The van der Waals surface area contributed by atoms with Gasteiger partial charge in [0.2, 0.25) is 0 Å². The minimum Gasteiger partial charge on any atom is -0.504 e. The van der Waals surface area contributed by atoms with Crippen LogP contribution in [0.1, 0.15) is 11.1 Å². The van der Waals surface area contributed by atoms with Crippen molar-refractivity contribution in [1.82, 2.24) is 4.83 Å². The van der Waals surface area contributed by atoms with E-state index in [-0.39, 0.29) is 16.4 Å². The van der Waals surface area contributed by atoms with Gasteiger partial charge in [-0.05, 0) is 42.8 Å². The van der Waals surface area contributed by atoms with Gasteiger partial charge >= 0.3 is 0 Å². The lowest BCUT2D eigenvalue weighted by Gasteiger charge is -2.05. The van der Waals surface area contributed by atoms with Crippen molar-refractivity contribution >= 4 is 16.2 Å². The van der Waals surface area contributed by atoms with E-state index in [1.54, 1.807) is 24.3 Å². The number of hydrogen-bond acceptors (Lipinski definition) is 5. The second-order valence-corrected chi connectivity index (χ2v) is 6.26. The summed E-state index contributed by atoms with van der Waals surface area (Å²) in [5.41, 5.74) is 1.56. The number of sulfonamides is 1. The van der Waals surface area contributed by atoms with Gasteiger partial charge in [-0.25, -0.2) is 4.83 Å². The lowest BCUT2D eigenvalue weighted by Crippen LogP contribution is -2.18. The smallest absolute Gasteiger partial charge is 0.276 e. The van der Waals surface area contributed by atoms with Gasteiger partial charge in [-0.2, -0.15) is 13.5 Å². The number of benzene rings is 2. The fourth-order valence-corrected chi connectivity index (χ4v) is 2.51. The van der Waals surface area contributed by atoms with E-state index in [9.17, 15) is 13.5 Å². The van der Waals surface area contributed by atoms with Gasteiger partial charge in [0, 0.05) is 0 Å². The molecule has 0 saturated carbocycles. The van der Waals surface area contributed by atoms with Crippen molar-refractivity contribution in [3.8, 4) is 11.5 Å². The summed E-state index contributed by atoms with van der Waals surface area (Å²) in [5, 5.41) is 13.2. The average molecular weight is 320 g/mol. The third-order valence-corrected chi connectivity index (χ3v) is 4.16. The molecule has 0 amide bonds. The van der Waals surface area contributed by atoms with Crippen LogP contribution in [-0.2, 0) is 10.0 Å². The molecule has 2 aromatic rings. The molecule has 0 aliphatic rings. The first kappa shape index (κ1) is 15.8. The molecular formula is C15H16N2O4S. The van der Waals surface area contributed by atoms with Crippen molar-refractivity contribution in [3.63, 3.8) is 0 Å². The van der Waals surface area contributed by atoms with E-state index >= 15 is 0 Å². The molecule has 116 valence electrons. The van der Waals surface area contributed by atoms with Crippen molar-refractivity contribution in [2.24, 2.45) is 5.10 Å². The highest BCUT2D eigenvalue weighted by atomic mass is 32.2. The van der Waals surface area contributed by atoms with Crippen LogP contribution in [0.5, 0.6) is 11.5 Å². The van der Waals surface area contributed by atoms with Crippen LogP contribution < -0.4 is 9.57 Å². The molecule has 6 nitrogen and oxygen atoms in total. The highest BCUT2D eigenvalue weighted by Crippen LogP contribution is 2.25. The predicted molar refractivity (Wildman–Crippen MR) is 83.8 cm³/mol. The van der Waals surface area contributed by atoms with E-state index in [1.807, 2.05) is 6.92 Å². The maximum absolute atomic E-state index is 12.0. The van der Waals surface area contributed by atoms with E-state index < -0.39 is 10.0 Å². The lowest BCUT2D eigenvalue weighted by atomic mass is 10.2. The third-order valence-electron chi connectivity index (χ3n) is 2.92. The number of ether oxygens (including phenoxy) is 1. The largest absolute Gasteiger partial charge is 0.504 e. The Morgan fingerprint density at radius 3 is 2.50 bits per heavy atom. The topological polar surface area (TPSA) is 88.0 Å². The van der Waals surface area contributed by atoms with Crippen molar-refractivity contribution in [3.05, 3.63) is 53.6 Å². The SMILES string of the molecule is COc1cc(/C=N/NS(=O)(=O)c2ccc(C)cc2)ccc1O. The number of aryl methyl sites for hydroxylation is 1. The molecule has 0 aliphatic carbocycles. The molecule has 22 heavy (non-hydrogen) atoms. The fraction of sp³-hybridized carbons (Fsp3) is 0.133. The Hall–Kier alpha value is -2.54. The predicted octanol–water partition coefficient (Wildman–Crippen LogP) is 2.02. The van der Waals surface area contributed by atoms with Crippen LogP contribution in [-0.4, -0.2) is 26.8 Å². The van der Waals surface area contributed by atoms with Gasteiger partial charge in [-0.15, -0.1) is 0 Å². The summed E-state index contributed by atoms with van der Waals surface area (Å²) in [7, 11) is -2.27. The lowest BCUT2D eigenvalue weighted by molar-refractivity contribution is 0.373. The van der Waals surface area contributed by atoms with Gasteiger partial charge in [0.15, 0.2) is 11.5 Å². The molecule has 0 radical (unpaired) electrons. The molecule has 0 aliphatic heterocycles. The molecule has 0 bridgehead atoms. The number of methoxy groups -OCH3 is 1. The third kappa shape index (κ3) is 3.76. The maximum atomic E-state index is 12.0. The summed E-state index contributed by atoms with van der Waals surface area (Å²) < 4.78 is 29.0. The van der Waals surface area contributed by atoms with Crippen LogP contribution in [0.4, 0.5) is 0 Å². The molecule has 0 unspecified atom stereocenters. The molecule has 0 aromatic heterocycles. The number of hydrazone groups is 1. The van der Waals surface area contributed by atoms with E-state index in [4.69, 9.17) is 4.74 Å². The molecule has 7 heteroatoms. The number of aromatic hydroxyl groups is 1. The van der Waals surface area contributed by atoms with Crippen molar-refractivity contribution < 1.29 is 18.3 Å². The number of hydrogen-bond donors (Lipinski definition) is 2. The molecule has 0 saturated heterocycles. The fourth-order valence-electron chi connectivity index (χ4n) is 1.71. The number of rotatable bonds is 5. The monoisotopic (exact) mass is 320 g/mol. The zero-order chi connectivity index (χ0) is 16.2. The van der Waals surface area contributed by atoms with E-state index in [2.05, 4.69) is 9.93 Å². The van der Waals surface area contributed by atoms with Crippen molar-refractivity contribution in [2.45, 2.75) is 11.8 Å². The van der Waals surface area contributed by atoms with Gasteiger partial charge in [-0.3, -0.25) is 0 Å². The zero-order valence-corrected chi connectivity index (χ0v) is 13.0. The van der Waals surface area contributed by atoms with Gasteiger partial charge in [0.05, 0.1) is 18.2 Å². The Labute approximate surface area is 129 Å². The number of phenolic OH excluding ortho intramolecular Hbond substituents is 1. The van der Waals surface area contributed by atoms with Gasteiger partial charge < -0.3 is 9.84 Å². The highest BCUT2D eigenvalue weighted by Gasteiger charge is 2.11. The molecule has 2 rings (SSSR count). The van der Waals surface area contributed by atoms with Crippen LogP contribution in [0.25, 0.3) is 0 Å². The molecule has 0 fully saturated rings. The highest BCUT2D eigenvalue weighted by molar-refractivity contribution is 7.89. The molecule has 2 aromatic carbocycles. The first-order chi connectivity index (χ1) is 10.4. The van der Waals surface area contributed by atoms with Crippen molar-refractivity contribution in [1.29, 1.82) is 0 Å². The summed E-state index contributed by atoms with van der Waals surface area (Å²) in [5.74, 6) is 0.283. The van der Waals surface area contributed by atoms with Gasteiger partial charge in [-0.1, -0.05) is 17.7 Å². The normalized spacial score (nSPS) is 11.5. The average Bonchev–Trinajstić information content (AvgIpc) is 2.49. The Morgan fingerprint density at radius 2 is 1.86 bits per heavy atom. The molecule has 0 heterocycles. The van der Waals surface area contributed by atoms with E-state index in [0.29, 0.717) is 5.56 Å². The minimum atomic E-state index is -3.70.